The Bertz CT molecular complexity index is 2490. The second-order valence-corrected chi connectivity index (χ2v) is 14.5. The first kappa shape index (κ1) is 28.8. The Kier molecular flexibility index (Phi) is 6.69. The van der Waals surface area contributed by atoms with Gasteiger partial charge in [0, 0.05) is 28.8 Å². The van der Waals surface area contributed by atoms with E-state index in [-0.39, 0.29) is 17.3 Å². The lowest BCUT2D eigenvalue weighted by Gasteiger charge is -2.37. The van der Waals surface area contributed by atoms with Crippen LogP contribution in [0, 0.1) is 17.3 Å². The van der Waals surface area contributed by atoms with Gasteiger partial charge in [0.05, 0.1) is 16.7 Å². The molecule has 0 amide bonds. The van der Waals surface area contributed by atoms with Crippen LogP contribution < -0.4 is 10.4 Å². The van der Waals surface area contributed by atoms with Crippen molar-refractivity contribution in [1.82, 2.24) is 9.97 Å². The van der Waals surface area contributed by atoms with E-state index in [0.29, 0.717) is 0 Å². The van der Waals surface area contributed by atoms with Crippen molar-refractivity contribution in [2.75, 3.05) is 0 Å². The molecule has 0 N–H and O–H groups in total. The molecule has 0 saturated carbocycles. The summed E-state index contributed by atoms with van der Waals surface area (Å²) in [5.41, 5.74) is 13.7. The number of hydrogen-bond acceptors (Lipinski definition) is 2. The highest BCUT2D eigenvalue weighted by molar-refractivity contribution is 6.03. The number of rotatable bonds is 3. The van der Waals surface area contributed by atoms with Gasteiger partial charge in [-0.3, -0.25) is 4.98 Å². The summed E-state index contributed by atoms with van der Waals surface area (Å²) < 4.78 is 0. The average Bonchev–Trinajstić information content (AvgIpc) is 3.13. The van der Waals surface area contributed by atoms with Gasteiger partial charge in [0.2, 0.25) is 0 Å². The van der Waals surface area contributed by atoms with E-state index in [2.05, 4.69) is 148 Å². The molecule has 2 heterocycles. The van der Waals surface area contributed by atoms with E-state index in [0.717, 1.165) is 40.3 Å². The molecular formula is C46H38N2. The summed E-state index contributed by atoms with van der Waals surface area (Å²) in [6.45, 7) is 6.98. The summed E-state index contributed by atoms with van der Waals surface area (Å²) >= 11 is 0. The molecule has 9 rings (SSSR count). The molecule has 3 aliphatic carbocycles. The van der Waals surface area contributed by atoms with Crippen molar-refractivity contribution in [1.29, 1.82) is 0 Å². The Balaban J connectivity index is 1.40. The maximum Gasteiger partial charge on any atom is 0.0971 e. The normalized spacial score (nSPS) is 18.4. The van der Waals surface area contributed by atoms with Gasteiger partial charge in [0.1, 0.15) is 0 Å². The van der Waals surface area contributed by atoms with Gasteiger partial charge < -0.3 is 0 Å². The molecular weight excluding hydrogens is 581 g/mol. The maximum atomic E-state index is 5.43. The van der Waals surface area contributed by atoms with Crippen LogP contribution in [0.1, 0.15) is 49.6 Å². The van der Waals surface area contributed by atoms with Gasteiger partial charge in [0.25, 0.3) is 0 Å². The fourth-order valence-corrected chi connectivity index (χ4v) is 8.10. The molecule has 0 radical (unpaired) electrons. The molecule has 3 aliphatic rings. The number of hydrogen-bond donors (Lipinski definition) is 0. The summed E-state index contributed by atoms with van der Waals surface area (Å²) in [5.74, 6) is 0.283. The minimum atomic E-state index is 0.0262. The Morgan fingerprint density at radius 2 is 1.42 bits per heavy atom. The van der Waals surface area contributed by atoms with Crippen LogP contribution in [-0.4, -0.2) is 9.97 Å². The van der Waals surface area contributed by atoms with Gasteiger partial charge in [-0.2, -0.15) is 0 Å². The minimum absolute atomic E-state index is 0.0262. The summed E-state index contributed by atoms with van der Waals surface area (Å²) in [6, 6.07) is 37.8. The molecule has 6 aromatic rings. The van der Waals surface area contributed by atoms with Gasteiger partial charge in [-0.15, -0.1) is 0 Å². The molecule has 2 heteroatoms. The summed E-state index contributed by atoms with van der Waals surface area (Å²) in [5, 5.41) is 4.80. The van der Waals surface area contributed by atoms with Crippen LogP contribution in [0.4, 0.5) is 0 Å². The molecule has 0 bridgehead atoms. The van der Waals surface area contributed by atoms with Crippen molar-refractivity contribution >= 4 is 39.0 Å². The SMILES string of the molecule is CC(C)(C)C1=CC2C(c3cc4c(cc3-c3ccccc3)C=CCC4)=c3ccccc3=C(c3ccc4ccc5cccnc5c4n3)C2C=C1. The number of aromatic nitrogens is 2. The predicted molar refractivity (Wildman–Crippen MR) is 201 cm³/mol. The van der Waals surface area contributed by atoms with E-state index in [1.165, 1.54) is 55.0 Å². The highest BCUT2D eigenvalue weighted by atomic mass is 14.8. The molecule has 232 valence electrons. The van der Waals surface area contributed by atoms with Crippen LogP contribution >= 0.6 is 0 Å². The smallest absolute Gasteiger partial charge is 0.0971 e. The second-order valence-electron chi connectivity index (χ2n) is 14.5. The third kappa shape index (κ3) is 4.70. The number of allylic oxidation sites excluding steroid dienone is 5. The summed E-state index contributed by atoms with van der Waals surface area (Å²) in [6.07, 6.45) is 16.1. The topological polar surface area (TPSA) is 25.8 Å². The van der Waals surface area contributed by atoms with Crippen molar-refractivity contribution in [3.8, 4) is 11.1 Å². The number of benzene rings is 4. The molecule has 0 saturated heterocycles. The zero-order valence-corrected chi connectivity index (χ0v) is 27.7. The van der Waals surface area contributed by atoms with Gasteiger partial charge in [-0.05, 0) is 91.4 Å². The molecule has 4 aromatic carbocycles. The Labute approximate surface area is 282 Å². The third-order valence-corrected chi connectivity index (χ3v) is 10.5. The fraction of sp³-hybridized carbons (Fsp3) is 0.174. The van der Waals surface area contributed by atoms with Crippen LogP contribution in [0.25, 0.3) is 50.2 Å². The van der Waals surface area contributed by atoms with Crippen molar-refractivity contribution in [3.05, 3.63) is 172 Å². The van der Waals surface area contributed by atoms with Crippen LogP contribution in [0.15, 0.2) is 139 Å². The lowest BCUT2D eigenvalue weighted by Crippen LogP contribution is -2.41. The van der Waals surface area contributed by atoms with E-state index < -0.39 is 0 Å². The first-order valence-corrected chi connectivity index (χ1v) is 17.2. The van der Waals surface area contributed by atoms with E-state index in [1.54, 1.807) is 0 Å². The van der Waals surface area contributed by atoms with Crippen LogP contribution in [0.2, 0.25) is 0 Å². The third-order valence-electron chi connectivity index (χ3n) is 10.5. The molecule has 2 aromatic heterocycles. The second kappa shape index (κ2) is 11.1. The largest absolute Gasteiger partial charge is 0.254 e. The quantitative estimate of drug-likeness (QED) is 0.185. The van der Waals surface area contributed by atoms with Crippen LogP contribution in [-0.2, 0) is 6.42 Å². The number of pyridine rings is 2. The standard InChI is InChI=1S/C46H38N2/c1-46(2,3)34-22-23-37-40(28-34)42(39-27-33-15-8-7-14-32(33)26-38(39)29-12-5-4-6-13-29)35-17-9-10-18-36(35)43(37)41-24-21-31-20-19-30-16-11-25-47-44(30)45(31)48-41/h4-7,9-14,16-28,37,40H,8,15H2,1-3H3. The highest BCUT2D eigenvalue weighted by Crippen LogP contribution is 2.46. The number of nitrogens with zero attached hydrogens (tertiary/aromatic N) is 2. The van der Waals surface area contributed by atoms with Crippen molar-refractivity contribution in [3.63, 3.8) is 0 Å². The minimum Gasteiger partial charge on any atom is -0.254 e. The maximum absolute atomic E-state index is 5.43. The van der Waals surface area contributed by atoms with Gasteiger partial charge >= 0.3 is 0 Å². The van der Waals surface area contributed by atoms with Crippen LogP contribution in [0.5, 0.6) is 0 Å². The fourth-order valence-electron chi connectivity index (χ4n) is 8.10. The number of fused-ring (bicyclic) bond motifs is 6. The van der Waals surface area contributed by atoms with Gasteiger partial charge in [-0.25, -0.2) is 4.98 Å². The van der Waals surface area contributed by atoms with Crippen molar-refractivity contribution < 1.29 is 0 Å². The summed E-state index contributed by atoms with van der Waals surface area (Å²) in [4.78, 5) is 10.2. The predicted octanol–water partition coefficient (Wildman–Crippen LogP) is 9.60. The average molecular weight is 619 g/mol. The van der Waals surface area contributed by atoms with Crippen LogP contribution in [0.3, 0.4) is 0 Å². The van der Waals surface area contributed by atoms with Crippen molar-refractivity contribution in [2.24, 2.45) is 17.3 Å². The molecule has 48 heavy (non-hydrogen) atoms. The number of aryl methyl sites for hydroxylation is 1. The zero-order valence-electron chi connectivity index (χ0n) is 27.7. The lowest BCUT2D eigenvalue weighted by molar-refractivity contribution is 0.502. The monoisotopic (exact) mass is 618 g/mol. The molecule has 0 aliphatic heterocycles. The van der Waals surface area contributed by atoms with E-state index in [4.69, 9.17) is 9.97 Å². The molecule has 0 fully saturated rings. The molecule has 2 unspecified atom stereocenters. The van der Waals surface area contributed by atoms with Gasteiger partial charge in [0.15, 0.2) is 0 Å². The van der Waals surface area contributed by atoms with Gasteiger partial charge in [-0.1, -0.05) is 136 Å². The Hall–Kier alpha value is -5.34. The molecule has 0 spiro atoms. The zero-order chi connectivity index (χ0) is 32.4. The molecule has 2 nitrogen and oxygen atoms in total. The van der Waals surface area contributed by atoms with Crippen molar-refractivity contribution in [2.45, 2.75) is 33.6 Å². The first-order valence-electron chi connectivity index (χ1n) is 17.2. The van der Waals surface area contributed by atoms with E-state index in [9.17, 15) is 0 Å². The Morgan fingerprint density at radius 1 is 0.667 bits per heavy atom. The lowest BCUT2D eigenvalue weighted by atomic mass is 9.66. The van der Waals surface area contributed by atoms with E-state index >= 15 is 0 Å². The summed E-state index contributed by atoms with van der Waals surface area (Å²) in [7, 11) is 0. The highest BCUT2D eigenvalue weighted by Gasteiger charge is 2.36. The first-order chi connectivity index (χ1) is 23.4. The van der Waals surface area contributed by atoms with E-state index in [1.807, 2.05) is 12.3 Å². The Morgan fingerprint density at radius 3 is 2.23 bits per heavy atom. The molecule has 2 atom stereocenters.